The second kappa shape index (κ2) is 5.63. The molecule has 6 nitrogen and oxygen atoms in total. The Hall–Kier alpha value is -2.90. The van der Waals surface area contributed by atoms with E-state index in [9.17, 15) is 13.6 Å². The summed E-state index contributed by atoms with van der Waals surface area (Å²) in [5.74, 6) is -0.305. The molecule has 4 rings (SSSR count). The van der Waals surface area contributed by atoms with Gasteiger partial charge in [-0.1, -0.05) is 6.07 Å². The van der Waals surface area contributed by atoms with Crippen LogP contribution in [0.2, 0.25) is 0 Å². The van der Waals surface area contributed by atoms with Crippen LogP contribution in [-0.4, -0.2) is 37.3 Å². The van der Waals surface area contributed by atoms with Crippen molar-refractivity contribution in [1.82, 2.24) is 24.8 Å². The van der Waals surface area contributed by atoms with E-state index >= 15 is 0 Å². The van der Waals surface area contributed by atoms with E-state index in [4.69, 9.17) is 0 Å². The van der Waals surface area contributed by atoms with Crippen LogP contribution in [0.4, 0.5) is 8.78 Å². The minimum absolute atomic E-state index is 0.0259. The molecule has 0 saturated heterocycles. The van der Waals surface area contributed by atoms with E-state index < -0.39 is 6.43 Å². The maximum Gasteiger partial charge on any atom is 0.290 e. The van der Waals surface area contributed by atoms with Gasteiger partial charge in [-0.2, -0.15) is 0 Å². The minimum Gasteiger partial charge on any atom is -0.332 e. The first kappa shape index (κ1) is 14.7. The third kappa shape index (κ3) is 2.40. The zero-order valence-corrected chi connectivity index (χ0v) is 12.5. The Balaban J connectivity index is 1.66. The molecule has 3 aromatic heterocycles. The highest BCUT2D eigenvalue weighted by Crippen LogP contribution is 2.25. The zero-order valence-electron chi connectivity index (χ0n) is 12.5. The number of hydrogen-bond acceptors (Lipinski definition) is 4. The number of nitrogens with one attached hydrogen (secondary N) is 1. The van der Waals surface area contributed by atoms with Gasteiger partial charge in [0.2, 0.25) is 0 Å². The quantitative estimate of drug-likeness (QED) is 0.784. The van der Waals surface area contributed by atoms with E-state index in [1.165, 1.54) is 12.3 Å². The normalized spacial score (nSPS) is 14.2. The smallest absolute Gasteiger partial charge is 0.290 e. The number of fused-ring (bicyclic) bond motifs is 2. The van der Waals surface area contributed by atoms with E-state index in [1.807, 2.05) is 12.1 Å². The number of pyridine rings is 2. The lowest BCUT2D eigenvalue weighted by Crippen LogP contribution is -2.36. The fraction of sp³-hybridized carbons (Fsp3) is 0.250. The highest BCUT2D eigenvalue weighted by atomic mass is 19.3. The van der Waals surface area contributed by atoms with Gasteiger partial charge in [0.25, 0.3) is 12.3 Å². The monoisotopic (exact) mass is 329 g/mol. The molecule has 0 saturated carbocycles. The summed E-state index contributed by atoms with van der Waals surface area (Å²) in [7, 11) is 0. The van der Waals surface area contributed by atoms with E-state index in [-0.39, 0.29) is 28.5 Å². The van der Waals surface area contributed by atoms with Gasteiger partial charge in [-0.3, -0.25) is 9.78 Å². The second-order valence-electron chi connectivity index (χ2n) is 5.57. The fourth-order valence-electron chi connectivity index (χ4n) is 2.90. The molecule has 0 aliphatic carbocycles. The summed E-state index contributed by atoms with van der Waals surface area (Å²) in [5.41, 5.74) is 1.98. The molecule has 0 radical (unpaired) electrons. The largest absolute Gasteiger partial charge is 0.332 e. The van der Waals surface area contributed by atoms with Crippen molar-refractivity contribution in [3.05, 3.63) is 53.2 Å². The highest BCUT2D eigenvalue weighted by Gasteiger charge is 2.25. The summed E-state index contributed by atoms with van der Waals surface area (Å²) in [5, 5.41) is 0. The summed E-state index contributed by atoms with van der Waals surface area (Å²) in [6.45, 7) is 0.934. The van der Waals surface area contributed by atoms with Crippen LogP contribution in [0.3, 0.4) is 0 Å². The van der Waals surface area contributed by atoms with Crippen LogP contribution in [0.15, 0.2) is 30.6 Å². The SMILES string of the molecule is O=C(c1nc2nccc(C(F)F)c2[nH]1)N1CCc2ncccc2C1. The van der Waals surface area contributed by atoms with Gasteiger partial charge in [0.15, 0.2) is 11.5 Å². The maximum absolute atomic E-state index is 13.0. The first-order chi connectivity index (χ1) is 11.6. The number of nitrogens with zero attached hydrogens (tertiary/aromatic N) is 4. The molecule has 0 bridgehead atoms. The summed E-state index contributed by atoms with van der Waals surface area (Å²) in [6.07, 6.45) is 0.990. The first-order valence-corrected chi connectivity index (χ1v) is 7.48. The first-order valence-electron chi connectivity index (χ1n) is 7.48. The van der Waals surface area contributed by atoms with Crippen LogP contribution in [0.25, 0.3) is 11.2 Å². The molecular formula is C16H13F2N5O. The number of amides is 1. The number of rotatable bonds is 2. The predicted molar refractivity (Wildman–Crippen MR) is 81.5 cm³/mol. The van der Waals surface area contributed by atoms with Gasteiger partial charge in [0.05, 0.1) is 5.52 Å². The molecule has 1 aliphatic heterocycles. The lowest BCUT2D eigenvalue weighted by Gasteiger charge is -2.27. The summed E-state index contributed by atoms with van der Waals surface area (Å²) in [6, 6.07) is 4.98. The van der Waals surface area contributed by atoms with Gasteiger partial charge < -0.3 is 9.88 Å². The number of imidazole rings is 1. The Morgan fingerprint density at radius 1 is 1.25 bits per heavy atom. The van der Waals surface area contributed by atoms with Crippen LogP contribution in [0, 0.1) is 0 Å². The second-order valence-corrected chi connectivity index (χ2v) is 5.57. The Bertz CT molecular complexity index is 924. The van der Waals surface area contributed by atoms with Crippen LogP contribution in [0.5, 0.6) is 0 Å². The van der Waals surface area contributed by atoms with Crippen molar-refractivity contribution >= 4 is 17.1 Å². The topological polar surface area (TPSA) is 74.8 Å². The van der Waals surface area contributed by atoms with Crippen LogP contribution in [-0.2, 0) is 13.0 Å². The number of hydrogen-bond donors (Lipinski definition) is 1. The van der Waals surface area contributed by atoms with Crippen LogP contribution < -0.4 is 0 Å². The van der Waals surface area contributed by atoms with E-state index in [0.29, 0.717) is 19.5 Å². The molecule has 0 unspecified atom stereocenters. The van der Waals surface area contributed by atoms with Crippen molar-refractivity contribution in [3.63, 3.8) is 0 Å². The number of halogens is 2. The lowest BCUT2D eigenvalue weighted by atomic mass is 10.1. The fourth-order valence-corrected chi connectivity index (χ4v) is 2.90. The molecule has 3 aromatic rings. The number of carbonyl (C=O) groups excluding carboxylic acids is 1. The number of aromatic amines is 1. The van der Waals surface area contributed by atoms with E-state index in [2.05, 4.69) is 19.9 Å². The van der Waals surface area contributed by atoms with Gasteiger partial charge >= 0.3 is 0 Å². The van der Waals surface area contributed by atoms with Crippen molar-refractivity contribution in [2.24, 2.45) is 0 Å². The molecule has 122 valence electrons. The number of alkyl halides is 2. The summed E-state index contributed by atoms with van der Waals surface area (Å²) in [4.78, 5) is 29.3. The molecule has 24 heavy (non-hydrogen) atoms. The number of H-pyrrole nitrogens is 1. The zero-order chi connectivity index (χ0) is 16.7. The molecule has 0 aromatic carbocycles. The third-order valence-electron chi connectivity index (χ3n) is 4.11. The highest BCUT2D eigenvalue weighted by molar-refractivity contribution is 5.94. The summed E-state index contributed by atoms with van der Waals surface area (Å²) < 4.78 is 26.1. The number of aromatic nitrogens is 4. The Kier molecular flexibility index (Phi) is 3.44. The van der Waals surface area contributed by atoms with Crippen LogP contribution in [0.1, 0.15) is 33.9 Å². The summed E-state index contributed by atoms with van der Waals surface area (Å²) >= 11 is 0. The maximum atomic E-state index is 13.0. The molecule has 4 heterocycles. The standard InChI is InChI=1S/C16H13F2N5O/c17-13(18)10-3-6-20-14-12(10)21-15(22-14)16(24)23-7-4-11-9(8-23)2-1-5-19-11/h1-3,5-6,13H,4,7-8H2,(H,20,21,22). The van der Waals surface area contributed by atoms with E-state index in [0.717, 1.165) is 11.3 Å². The van der Waals surface area contributed by atoms with Gasteiger partial charge in [-0.15, -0.1) is 0 Å². The molecule has 1 aliphatic rings. The van der Waals surface area contributed by atoms with Gasteiger partial charge in [-0.25, -0.2) is 18.7 Å². The molecule has 8 heteroatoms. The van der Waals surface area contributed by atoms with Gasteiger partial charge in [0, 0.05) is 43.2 Å². The van der Waals surface area contributed by atoms with E-state index in [1.54, 1.807) is 11.1 Å². The molecule has 1 amide bonds. The molecule has 1 N–H and O–H groups in total. The van der Waals surface area contributed by atoms with Crippen molar-refractivity contribution in [2.45, 2.75) is 19.4 Å². The van der Waals surface area contributed by atoms with Crippen LogP contribution >= 0.6 is 0 Å². The molecule has 0 atom stereocenters. The van der Waals surface area contributed by atoms with Gasteiger partial charge in [0.1, 0.15) is 0 Å². The van der Waals surface area contributed by atoms with Gasteiger partial charge in [-0.05, 0) is 17.7 Å². The molecular weight excluding hydrogens is 316 g/mol. The van der Waals surface area contributed by atoms with Crippen molar-refractivity contribution in [1.29, 1.82) is 0 Å². The molecule has 0 spiro atoms. The minimum atomic E-state index is -2.66. The predicted octanol–water partition coefficient (Wildman–Crippen LogP) is 2.49. The number of carbonyl (C=O) groups is 1. The van der Waals surface area contributed by atoms with Crippen molar-refractivity contribution in [3.8, 4) is 0 Å². The average Bonchev–Trinajstić information content (AvgIpc) is 3.04. The lowest BCUT2D eigenvalue weighted by molar-refractivity contribution is 0.0722. The Morgan fingerprint density at radius 3 is 2.96 bits per heavy atom. The third-order valence-corrected chi connectivity index (χ3v) is 4.11. The Morgan fingerprint density at radius 2 is 2.12 bits per heavy atom. The van der Waals surface area contributed by atoms with Crippen molar-refractivity contribution in [2.75, 3.05) is 6.54 Å². The molecule has 0 fully saturated rings. The Labute approximate surface area is 135 Å². The average molecular weight is 329 g/mol. The van der Waals surface area contributed by atoms with Crippen molar-refractivity contribution < 1.29 is 13.6 Å².